The Balaban J connectivity index is 5.28. The smallest absolute Gasteiger partial charge is 0.303 e. The number of hydrogen-bond acceptors (Lipinski definition) is 6. The van der Waals surface area contributed by atoms with Crippen LogP contribution in [0.1, 0.15) is 27.2 Å². The van der Waals surface area contributed by atoms with Crippen LogP contribution in [0.5, 0.6) is 0 Å². The van der Waals surface area contributed by atoms with Crippen molar-refractivity contribution in [2.45, 2.75) is 45.5 Å². The van der Waals surface area contributed by atoms with Crippen molar-refractivity contribution in [3.8, 4) is 12.3 Å². The van der Waals surface area contributed by atoms with Gasteiger partial charge in [-0.1, -0.05) is 6.58 Å². The molecule has 0 spiro atoms. The molecule has 0 aliphatic carbocycles. The monoisotopic (exact) mass is 282 g/mol. The van der Waals surface area contributed by atoms with Gasteiger partial charge in [0.2, 0.25) is 0 Å². The maximum atomic E-state index is 11.2. The molecule has 110 valence electrons. The van der Waals surface area contributed by atoms with Gasteiger partial charge in [-0.15, -0.1) is 12.3 Å². The molecule has 0 amide bonds. The fourth-order valence-corrected chi connectivity index (χ4v) is 1.54. The third-order valence-corrected chi connectivity index (χ3v) is 2.16. The maximum absolute atomic E-state index is 11.2. The van der Waals surface area contributed by atoms with Crippen molar-refractivity contribution in [2.75, 3.05) is 0 Å². The molecule has 6 nitrogen and oxygen atoms in total. The van der Waals surface area contributed by atoms with Gasteiger partial charge >= 0.3 is 17.9 Å². The molecule has 0 rings (SSSR count). The quantitative estimate of drug-likeness (QED) is 0.300. The molecule has 0 aromatic rings. The molecule has 0 N–H and O–H groups in total. The minimum atomic E-state index is -1.05. The molecule has 20 heavy (non-hydrogen) atoms. The summed E-state index contributed by atoms with van der Waals surface area (Å²) in [6, 6.07) is 0. The molecule has 0 fully saturated rings. The Morgan fingerprint density at radius 2 is 1.60 bits per heavy atom. The van der Waals surface area contributed by atoms with E-state index in [0.717, 1.165) is 0 Å². The van der Waals surface area contributed by atoms with Gasteiger partial charge in [-0.25, -0.2) is 0 Å². The van der Waals surface area contributed by atoms with Crippen molar-refractivity contribution in [3.05, 3.63) is 12.7 Å². The Hall–Kier alpha value is -2.29. The van der Waals surface area contributed by atoms with E-state index in [0.29, 0.717) is 0 Å². The number of rotatable bonds is 7. The summed E-state index contributed by atoms with van der Waals surface area (Å²) in [5, 5.41) is 0. The summed E-state index contributed by atoms with van der Waals surface area (Å²) in [4.78, 5) is 33.3. The molecule has 0 aromatic heterocycles. The van der Waals surface area contributed by atoms with Crippen LogP contribution >= 0.6 is 0 Å². The topological polar surface area (TPSA) is 78.9 Å². The van der Waals surface area contributed by atoms with E-state index in [1.807, 2.05) is 0 Å². The lowest BCUT2D eigenvalue weighted by Gasteiger charge is -2.29. The highest BCUT2D eigenvalue weighted by atomic mass is 16.6. The molecule has 3 atom stereocenters. The summed E-state index contributed by atoms with van der Waals surface area (Å²) in [5.41, 5.74) is 0. The third kappa shape index (κ3) is 6.59. The summed E-state index contributed by atoms with van der Waals surface area (Å²) in [5.74, 6) is 0.515. The first kappa shape index (κ1) is 17.7. The van der Waals surface area contributed by atoms with E-state index in [1.165, 1.54) is 26.8 Å². The molecule has 0 saturated carbocycles. The Bertz CT molecular complexity index is 420. The molecule has 0 unspecified atom stereocenters. The van der Waals surface area contributed by atoms with Crippen LogP contribution in [0, 0.1) is 12.3 Å². The van der Waals surface area contributed by atoms with E-state index in [2.05, 4.69) is 12.5 Å². The van der Waals surface area contributed by atoms with Crippen LogP contribution in [0.2, 0.25) is 0 Å². The van der Waals surface area contributed by atoms with Gasteiger partial charge in [0.05, 0.1) is 0 Å². The minimum absolute atomic E-state index is 0.00311. The van der Waals surface area contributed by atoms with Crippen LogP contribution in [-0.2, 0) is 28.6 Å². The number of carbonyl (C=O) groups is 3. The average molecular weight is 282 g/mol. The van der Waals surface area contributed by atoms with Crippen molar-refractivity contribution >= 4 is 17.9 Å². The number of carbonyl (C=O) groups excluding carboxylic acids is 3. The van der Waals surface area contributed by atoms with Gasteiger partial charge in [-0.2, -0.15) is 0 Å². The largest absolute Gasteiger partial charge is 0.457 e. The van der Waals surface area contributed by atoms with E-state index in [9.17, 15) is 14.4 Å². The Kier molecular flexibility index (Phi) is 7.75. The van der Waals surface area contributed by atoms with Crippen LogP contribution in [-0.4, -0.2) is 36.2 Å². The van der Waals surface area contributed by atoms with Gasteiger partial charge in [0.1, 0.15) is 0 Å². The second kappa shape index (κ2) is 8.75. The number of hydrogen-bond donors (Lipinski definition) is 0. The first-order valence-corrected chi connectivity index (χ1v) is 5.89. The zero-order valence-corrected chi connectivity index (χ0v) is 11.8. The van der Waals surface area contributed by atoms with Crippen molar-refractivity contribution in [2.24, 2.45) is 0 Å². The zero-order valence-electron chi connectivity index (χ0n) is 11.8. The SMILES string of the molecule is C#CC[C@H](OC(C)=O)[C@@H](OC(C)=O)[C@@H](C=C)OC(C)=O. The molecular formula is C14H18O6. The van der Waals surface area contributed by atoms with Gasteiger partial charge in [0.25, 0.3) is 0 Å². The summed E-state index contributed by atoms with van der Waals surface area (Å²) < 4.78 is 15.1. The molecule has 0 aliphatic heterocycles. The van der Waals surface area contributed by atoms with E-state index in [4.69, 9.17) is 20.6 Å². The Labute approximate surface area is 118 Å². The van der Waals surface area contributed by atoms with Gasteiger partial charge in [0.15, 0.2) is 18.3 Å². The molecular weight excluding hydrogens is 264 g/mol. The molecule has 0 aliphatic rings. The van der Waals surface area contributed by atoms with Crippen molar-refractivity contribution in [1.29, 1.82) is 0 Å². The lowest BCUT2D eigenvalue weighted by atomic mass is 10.0. The van der Waals surface area contributed by atoms with Gasteiger partial charge in [0, 0.05) is 27.2 Å². The fourth-order valence-electron chi connectivity index (χ4n) is 1.54. The van der Waals surface area contributed by atoms with Crippen molar-refractivity contribution in [3.63, 3.8) is 0 Å². The van der Waals surface area contributed by atoms with Crippen LogP contribution in [0.4, 0.5) is 0 Å². The van der Waals surface area contributed by atoms with E-state index in [1.54, 1.807) is 0 Å². The Morgan fingerprint density at radius 3 is 1.95 bits per heavy atom. The third-order valence-electron chi connectivity index (χ3n) is 2.16. The number of terminal acetylenes is 1. The number of ether oxygens (including phenoxy) is 3. The molecule has 6 heteroatoms. The lowest BCUT2D eigenvalue weighted by Crippen LogP contribution is -2.44. The predicted molar refractivity (Wildman–Crippen MR) is 70.3 cm³/mol. The molecule has 0 aromatic carbocycles. The summed E-state index contributed by atoms with van der Waals surface area (Å²) in [6.07, 6.45) is 3.55. The van der Waals surface area contributed by atoms with Crippen LogP contribution < -0.4 is 0 Å². The standard InChI is InChI=1S/C14H18O6/c1-6-8-13(19-10(4)16)14(20-11(5)17)12(7-2)18-9(3)15/h1,7,12-14H,2,8H2,3-5H3/t12-,13+,14+/m1/s1. The van der Waals surface area contributed by atoms with E-state index >= 15 is 0 Å². The highest BCUT2D eigenvalue weighted by Gasteiger charge is 2.34. The average Bonchev–Trinajstić information content (AvgIpc) is 2.31. The van der Waals surface area contributed by atoms with Crippen molar-refractivity contribution in [1.82, 2.24) is 0 Å². The minimum Gasteiger partial charge on any atom is -0.457 e. The normalized spacial score (nSPS) is 14.1. The van der Waals surface area contributed by atoms with E-state index in [-0.39, 0.29) is 6.42 Å². The van der Waals surface area contributed by atoms with Gasteiger partial charge < -0.3 is 14.2 Å². The molecule has 0 bridgehead atoms. The predicted octanol–water partition coefficient (Wildman–Crippen LogP) is 0.991. The molecule has 0 saturated heterocycles. The van der Waals surface area contributed by atoms with Crippen molar-refractivity contribution < 1.29 is 28.6 Å². The Morgan fingerprint density at radius 1 is 1.10 bits per heavy atom. The summed E-state index contributed by atoms with van der Waals surface area (Å²) in [7, 11) is 0. The van der Waals surface area contributed by atoms with Crippen LogP contribution in [0.3, 0.4) is 0 Å². The highest BCUT2D eigenvalue weighted by Crippen LogP contribution is 2.17. The van der Waals surface area contributed by atoms with Crippen LogP contribution in [0.15, 0.2) is 12.7 Å². The second-order valence-corrected chi connectivity index (χ2v) is 3.94. The zero-order chi connectivity index (χ0) is 15.7. The fraction of sp³-hybridized carbons (Fsp3) is 0.500. The first-order chi connectivity index (χ1) is 9.31. The van der Waals surface area contributed by atoms with Gasteiger partial charge in [-0.05, 0) is 6.08 Å². The van der Waals surface area contributed by atoms with E-state index < -0.39 is 36.2 Å². The second-order valence-electron chi connectivity index (χ2n) is 3.94. The first-order valence-electron chi connectivity index (χ1n) is 5.89. The summed E-state index contributed by atoms with van der Waals surface area (Å²) in [6.45, 7) is 7.08. The maximum Gasteiger partial charge on any atom is 0.303 e. The van der Waals surface area contributed by atoms with Crippen LogP contribution in [0.25, 0.3) is 0 Å². The lowest BCUT2D eigenvalue weighted by molar-refractivity contribution is -0.178. The number of esters is 3. The van der Waals surface area contributed by atoms with Gasteiger partial charge in [-0.3, -0.25) is 14.4 Å². The highest BCUT2D eigenvalue weighted by molar-refractivity contribution is 5.68. The molecule has 0 heterocycles. The molecule has 0 radical (unpaired) electrons. The summed E-state index contributed by atoms with van der Waals surface area (Å²) >= 11 is 0.